The molecule has 96 valence electrons. The van der Waals surface area contributed by atoms with Gasteiger partial charge in [-0.25, -0.2) is 0 Å². The van der Waals surface area contributed by atoms with Gasteiger partial charge in [0, 0.05) is 6.54 Å². The average Bonchev–Trinajstić information content (AvgIpc) is 2.45. The Morgan fingerprint density at radius 1 is 1.50 bits per heavy atom. The minimum atomic E-state index is -0.0807. The van der Waals surface area contributed by atoms with Crippen LogP contribution < -0.4 is 4.74 Å². The van der Waals surface area contributed by atoms with Crippen molar-refractivity contribution < 1.29 is 14.3 Å². The van der Waals surface area contributed by atoms with E-state index in [1.807, 2.05) is 30.3 Å². The van der Waals surface area contributed by atoms with Crippen molar-refractivity contribution in [1.82, 2.24) is 4.90 Å². The predicted octanol–water partition coefficient (Wildman–Crippen LogP) is 1.48. The molecule has 1 atom stereocenters. The normalized spacial score (nSPS) is 19.3. The molecule has 18 heavy (non-hydrogen) atoms. The minimum Gasteiger partial charge on any atom is -0.491 e. The molecule has 0 aromatic heterocycles. The third kappa shape index (κ3) is 3.34. The maximum Gasteiger partial charge on any atom is 0.246 e. The average molecular weight is 247 g/mol. The SMILES string of the molecule is C=CC(=O)N1CCOC(COc2ccccc2)C1. The van der Waals surface area contributed by atoms with Gasteiger partial charge in [-0.2, -0.15) is 0 Å². The molecule has 1 amide bonds. The number of nitrogens with zero attached hydrogens (tertiary/aromatic N) is 1. The molecule has 1 aromatic carbocycles. The molecule has 2 rings (SSSR count). The Hall–Kier alpha value is -1.81. The van der Waals surface area contributed by atoms with E-state index in [1.54, 1.807) is 4.90 Å². The summed E-state index contributed by atoms with van der Waals surface area (Å²) >= 11 is 0. The second kappa shape index (κ2) is 6.21. The first-order valence-corrected chi connectivity index (χ1v) is 6.00. The predicted molar refractivity (Wildman–Crippen MR) is 68.5 cm³/mol. The molecule has 1 aliphatic heterocycles. The first-order valence-electron chi connectivity index (χ1n) is 6.00. The molecule has 0 aliphatic carbocycles. The molecule has 1 heterocycles. The zero-order valence-corrected chi connectivity index (χ0v) is 10.2. The monoisotopic (exact) mass is 247 g/mol. The van der Waals surface area contributed by atoms with Crippen LogP contribution >= 0.6 is 0 Å². The number of hydrogen-bond acceptors (Lipinski definition) is 3. The Morgan fingerprint density at radius 2 is 2.28 bits per heavy atom. The lowest BCUT2D eigenvalue weighted by Crippen LogP contribution is -2.47. The highest BCUT2D eigenvalue weighted by Crippen LogP contribution is 2.11. The number of carbonyl (C=O) groups excluding carboxylic acids is 1. The third-order valence-corrected chi connectivity index (χ3v) is 2.80. The van der Waals surface area contributed by atoms with E-state index in [9.17, 15) is 4.79 Å². The van der Waals surface area contributed by atoms with Crippen LogP contribution in [0.25, 0.3) is 0 Å². The highest BCUT2D eigenvalue weighted by Gasteiger charge is 2.23. The molecule has 0 spiro atoms. The number of benzene rings is 1. The van der Waals surface area contributed by atoms with E-state index in [0.29, 0.717) is 26.3 Å². The summed E-state index contributed by atoms with van der Waals surface area (Å²) in [4.78, 5) is 13.2. The molecule has 1 fully saturated rings. The van der Waals surface area contributed by atoms with Gasteiger partial charge in [-0.3, -0.25) is 4.79 Å². The van der Waals surface area contributed by atoms with E-state index in [0.717, 1.165) is 5.75 Å². The van der Waals surface area contributed by atoms with Gasteiger partial charge in [0.15, 0.2) is 0 Å². The van der Waals surface area contributed by atoms with Crippen molar-refractivity contribution in [1.29, 1.82) is 0 Å². The molecule has 1 saturated heterocycles. The van der Waals surface area contributed by atoms with Crippen LogP contribution in [0.4, 0.5) is 0 Å². The molecule has 0 bridgehead atoms. The largest absolute Gasteiger partial charge is 0.491 e. The smallest absolute Gasteiger partial charge is 0.246 e. The maximum absolute atomic E-state index is 11.5. The summed E-state index contributed by atoms with van der Waals surface area (Å²) in [5, 5.41) is 0. The standard InChI is InChI=1S/C14H17NO3/c1-2-14(16)15-8-9-17-13(10-15)11-18-12-6-4-3-5-7-12/h2-7,13H,1,8-11H2. The number of morpholine rings is 1. The number of carbonyl (C=O) groups is 1. The quantitative estimate of drug-likeness (QED) is 0.756. The van der Waals surface area contributed by atoms with Crippen LogP contribution in [0, 0.1) is 0 Å². The summed E-state index contributed by atoms with van der Waals surface area (Å²) in [6.07, 6.45) is 1.25. The Balaban J connectivity index is 1.83. The van der Waals surface area contributed by atoms with E-state index >= 15 is 0 Å². The molecule has 4 heteroatoms. The fourth-order valence-electron chi connectivity index (χ4n) is 1.86. The summed E-state index contributed by atoms with van der Waals surface area (Å²) < 4.78 is 11.2. The number of para-hydroxylation sites is 1. The molecular weight excluding hydrogens is 230 g/mol. The van der Waals surface area contributed by atoms with Gasteiger partial charge in [0.2, 0.25) is 5.91 Å². The van der Waals surface area contributed by atoms with Gasteiger partial charge >= 0.3 is 0 Å². The van der Waals surface area contributed by atoms with Gasteiger partial charge in [0.25, 0.3) is 0 Å². The first-order chi connectivity index (χ1) is 8.79. The van der Waals surface area contributed by atoms with Crippen molar-refractivity contribution >= 4 is 5.91 Å². The Bertz CT molecular complexity index is 405. The van der Waals surface area contributed by atoms with Gasteiger partial charge in [-0.05, 0) is 18.2 Å². The molecule has 1 unspecified atom stereocenters. The summed E-state index contributed by atoms with van der Waals surface area (Å²) in [5.74, 6) is 0.760. The van der Waals surface area contributed by atoms with Crippen LogP contribution in [0.5, 0.6) is 5.75 Å². The van der Waals surface area contributed by atoms with Crippen molar-refractivity contribution in [2.75, 3.05) is 26.3 Å². The molecule has 1 aromatic rings. The Morgan fingerprint density at radius 3 is 3.00 bits per heavy atom. The van der Waals surface area contributed by atoms with Crippen LogP contribution in [0.3, 0.4) is 0 Å². The zero-order valence-electron chi connectivity index (χ0n) is 10.2. The summed E-state index contributed by atoms with van der Waals surface area (Å²) in [7, 11) is 0. The number of hydrogen-bond donors (Lipinski definition) is 0. The first kappa shape index (κ1) is 12.6. The van der Waals surface area contributed by atoms with Crippen molar-refractivity contribution in [3.05, 3.63) is 43.0 Å². The third-order valence-electron chi connectivity index (χ3n) is 2.80. The van der Waals surface area contributed by atoms with E-state index < -0.39 is 0 Å². The van der Waals surface area contributed by atoms with Gasteiger partial charge < -0.3 is 14.4 Å². The lowest BCUT2D eigenvalue weighted by atomic mass is 10.2. The molecule has 0 radical (unpaired) electrons. The number of rotatable bonds is 4. The summed E-state index contributed by atoms with van der Waals surface area (Å²) in [5.41, 5.74) is 0. The van der Waals surface area contributed by atoms with Gasteiger partial charge in [-0.1, -0.05) is 24.8 Å². The van der Waals surface area contributed by atoms with Crippen LogP contribution in [0.2, 0.25) is 0 Å². The highest BCUT2D eigenvalue weighted by molar-refractivity contribution is 5.87. The van der Waals surface area contributed by atoms with Crippen molar-refractivity contribution in [2.45, 2.75) is 6.10 Å². The molecule has 4 nitrogen and oxygen atoms in total. The van der Waals surface area contributed by atoms with Crippen LogP contribution in [0.15, 0.2) is 43.0 Å². The number of ether oxygens (including phenoxy) is 2. The van der Waals surface area contributed by atoms with E-state index in [2.05, 4.69) is 6.58 Å². The second-order valence-corrected chi connectivity index (χ2v) is 4.11. The fourth-order valence-corrected chi connectivity index (χ4v) is 1.86. The summed E-state index contributed by atoms with van der Waals surface area (Å²) in [6.45, 7) is 5.66. The van der Waals surface area contributed by atoms with Crippen molar-refractivity contribution in [2.24, 2.45) is 0 Å². The van der Waals surface area contributed by atoms with Crippen LogP contribution in [0.1, 0.15) is 0 Å². The fraction of sp³-hybridized carbons (Fsp3) is 0.357. The lowest BCUT2D eigenvalue weighted by molar-refractivity contribution is -0.134. The topological polar surface area (TPSA) is 38.8 Å². The summed E-state index contributed by atoms with van der Waals surface area (Å²) in [6, 6.07) is 9.58. The second-order valence-electron chi connectivity index (χ2n) is 4.11. The zero-order chi connectivity index (χ0) is 12.8. The molecule has 0 N–H and O–H groups in total. The molecule has 1 aliphatic rings. The van der Waals surface area contributed by atoms with E-state index in [1.165, 1.54) is 6.08 Å². The Labute approximate surface area is 107 Å². The molecular formula is C14H17NO3. The van der Waals surface area contributed by atoms with Gasteiger partial charge in [0.1, 0.15) is 18.5 Å². The van der Waals surface area contributed by atoms with Crippen molar-refractivity contribution in [3.8, 4) is 5.75 Å². The van der Waals surface area contributed by atoms with Crippen molar-refractivity contribution in [3.63, 3.8) is 0 Å². The van der Waals surface area contributed by atoms with E-state index in [4.69, 9.17) is 9.47 Å². The van der Waals surface area contributed by atoms with Gasteiger partial charge in [0.05, 0.1) is 13.2 Å². The highest BCUT2D eigenvalue weighted by atomic mass is 16.5. The minimum absolute atomic E-state index is 0.0528. The van der Waals surface area contributed by atoms with Crippen LogP contribution in [-0.2, 0) is 9.53 Å². The molecule has 0 saturated carbocycles. The van der Waals surface area contributed by atoms with Gasteiger partial charge in [-0.15, -0.1) is 0 Å². The maximum atomic E-state index is 11.5. The van der Waals surface area contributed by atoms with Crippen LogP contribution in [-0.4, -0.2) is 43.2 Å². The lowest BCUT2D eigenvalue weighted by Gasteiger charge is -2.32. The Kier molecular flexibility index (Phi) is 4.36. The van der Waals surface area contributed by atoms with E-state index in [-0.39, 0.29) is 12.0 Å². The number of amides is 1.